The Kier molecular flexibility index (Phi) is 12.6. The van der Waals surface area contributed by atoms with Crippen molar-refractivity contribution in [3.63, 3.8) is 0 Å². The van der Waals surface area contributed by atoms with Crippen LogP contribution in [-0.4, -0.2) is 62.2 Å². The minimum atomic E-state index is 0. The van der Waals surface area contributed by atoms with Crippen molar-refractivity contribution in [1.29, 1.82) is 0 Å². The Morgan fingerprint density at radius 1 is 1.17 bits per heavy atom. The SMILES string of the molecule is CCNC(=NCCc1ccc(OCC)c(OCC)c1)NC1CCN(C(=O)CC)C1.I. The number of ether oxygens (including phenoxy) is 2. The van der Waals surface area contributed by atoms with Gasteiger partial charge < -0.3 is 25.0 Å². The lowest BCUT2D eigenvalue weighted by Crippen LogP contribution is -2.45. The average molecular weight is 532 g/mol. The Morgan fingerprint density at radius 2 is 1.90 bits per heavy atom. The van der Waals surface area contributed by atoms with Crippen LogP contribution in [0.4, 0.5) is 0 Å². The minimum Gasteiger partial charge on any atom is -0.490 e. The summed E-state index contributed by atoms with van der Waals surface area (Å²) in [6, 6.07) is 6.32. The molecule has 0 radical (unpaired) electrons. The van der Waals surface area contributed by atoms with E-state index in [1.165, 1.54) is 0 Å². The maximum atomic E-state index is 11.9. The van der Waals surface area contributed by atoms with Crippen molar-refractivity contribution < 1.29 is 14.3 Å². The largest absolute Gasteiger partial charge is 0.490 e. The summed E-state index contributed by atoms with van der Waals surface area (Å²) in [4.78, 5) is 18.5. The normalized spacial score (nSPS) is 16.1. The molecule has 1 saturated heterocycles. The smallest absolute Gasteiger partial charge is 0.222 e. The van der Waals surface area contributed by atoms with Gasteiger partial charge in [0, 0.05) is 38.6 Å². The number of carbonyl (C=O) groups excluding carboxylic acids is 1. The fraction of sp³-hybridized carbons (Fsp3) is 0.636. The van der Waals surface area contributed by atoms with Crippen LogP contribution in [0.1, 0.15) is 46.1 Å². The molecule has 1 aliphatic heterocycles. The van der Waals surface area contributed by atoms with Crippen LogP contribution >= 0.6 is 24.0 Å². The van der Waals surface area contributed by atoms with E-state index >= 15 is 0 Å². The molecular weight excluding hydrogens is 495 g/mol. The highest BCUT2D eigenvalue weighted by Gasteiger charge is 2.25. The standard InChI is InChI=1S/C22H36N4O3.HI/c1-5-21(27)26-14-12-18(16-26)25-22(23-6-2)24-13-11-17-9-10-19(28-7-3)20(15-17)29-8-4;/h9-10,15,18H,5-8,11-14,16H2,1-4H3,(H2,23,24,25);1H. The molecule has 0 aromatic heterocycles. The van der Waals surface area contributed by atoms with E-state index in [9.17, 15) is 4.79 Å². The number of halogens is 1. The first-order chi connectivity index (χ1) is 14.1. The molecular formula is C22H37IN4O3. The first-order valence-electron chi connectivity index (χ1n) is 10.8. The number of rotatable bonds is 10. The average Bonchev–Trinajstić information content (AvgIpc) is 3.18. The quantitative estimate of drug-likeness (QED) is 0.275. The van der Waals surface area contributed by atoms with Crippen LogP contribution in [0.25, 0.3) is 0 Å². The zero-order valence-corrected chi connectivity index (χ0v) is 21.0. The van der Waals surface area contributed by atoms with E-state index in [0.717, 1.165) is 55.5 Å². The van der Waals surface area contributed by atoms with Crippen molar-refractivity contribution in [3.8, 4) is 11.5 Å². The molecule has 8 heteroatoms. The first-order valence-corrected chi connectivity index (χ1v) is 10.8. The number of guanidine groups is 1. The van der Waals surface area contributed by atoms with Gasteiger partial charge in [-0.2, -0.15) is 0 Å². The molecule has 30 heavy (non-hydrogen) atoms. The molecule has 1 unspecified atom stereocenters. The van der Waals surface area contributed by atoms with Crippen LogP contribution in [0.5, 0.6) is 11.5 Å². The summed E-state index contributed by atoms with van der Waals surface area (Å²) in [6.07, 6.45) is 2.33. The predicted molar refractivity (Wildman–Crippen MR) is 132 cm³/mol. The zero-order chi connectivity index (χ0) is 21.1. The van der Waals surface area contributed by atoms with Gasteiger partial charge in [0.1, 0.15) is 0 Å². The second kappa shape index (κ2) is 14.3. The van der Waals surface area contributed by atoms with Gasteiger partial charge in [-0.05, 0) is 51.3 Å². The topological polar surface area (TPSA) is 75.2 Å². The van der Waals surface area contributed by atoms with Crippen LogP contribution in [0, 0.1) is 0 Å². The van der Waals surface area contributed by atoms with E-state index in [0.29, 0.717) is 26.2 Å². The molecule has 170 valence electrons. The molecule has 1 aromatic rings. The number of aliphatic imine (C=N–C) groups is 1. The number of hydrogen-bond donors (Lipinski definition) is 2. The lowest BCUT2D eigenvalue weighted by molar-refractivity contribution is -0.129. The molecule has 0 bridgehead atoms. The first kappa shape index (κ1) is 26.3. The number of hydrogen-bond acceptors (Lipinski definition) is 4. The summed E-state index contributed by atoms with van der Waals surface area (Å²) >= 11 is 0. The number of carbonyl (C=O) groups is 1. The van der Waals surface area contributed by atoms with Crippen LogP contribution in [-0.2, 0) is 11.2 Å². The highest BCUT2D eigenvalue weighted by atomic mass is 127. The molecule has 1 atom stereocenters. The predicted octanol–water partition coefficient (Wildman–Crippen LogP) is 3.21. The van der Waals surface area contributed by atoms with Crippen molar-refractivity contribution in [2.45, 2.75) is 53.0 Å². The second-order valence-electron chi connectivity index (χ2n) is 6.98. The zero-order valence-electron chi connectivity index (χ0n) is 18.7. The number of nitrogens with zero attached hydrogens (tertiary/aromatic N) is 2. The molecule has 0 saturated carbocycles. The van der Waals surface area contributed by atoms with Gasteiger partial charge in [-0.1, -0.05) is 13.0 Å². The maximum Gasteiger partial charge on any atom is 0.222 e. The highest BCUT2D eigenvalue weighted by molar-refractivity contribution is 14.0. The highest BCUT2D eigenvalue weighted by Crippen LogP contribution is 2.28. The van der Waals surface area contributed by atoms with Gasteiger partial charge in [-0.25, -0.2) is 0 Å². The summed E-state index contributed by atoms with van der Waals surface area (Å²) in [5.41, 5.74) is 1.16. The van der Waals surface area contributed by atoms with E-state index in [1.807, 2.05) is 37.8 Å². The Morgan fingerprint density at radius 3 is 2.57 bits per heavy atom. The fourth-order valence-electron chi connectivity index (χ4n) is 3.39. The fourth-order valence-corrected chi connectivity index (χ4v) is 3.39. The maximum absolute atomic E-state index is 11.9. The number of amides is 1. The van der Waals surface area contributed by atoms with Gasteiger partial charge in [-0.3, -0.25) is 9.79 Å². The second-order valence-corrected chi connectivity index (χ2v) is 6.98. The summed E-state index contributed by atoms with van der Waals surface area (Å²) in [7, 11) is 0. The third kappa shape index (κ3) is 8.20. The molecule has 1 aromatic carbocycles. The van der Waals surface area contributed by atoms with E-state index in [2.05, 4.69) is 23.6 Å². The number of likely N-dealkylation sites (tertiary alicyclic amines) is 1. The summed E-state index contributed by atoms with van der Waals surface area (Å²) < 4.78 is 11.3. The Hall–Kier alpha value is -1.71. The summed E-state index contributed by atoms with van der Waals surface area (Å²) in [5.74, 6) is 2.59. The van der Waals surface area contributed by atoms with E-state index in [4.69, 9.17) is 14.5 Å². The molecule has 1 heterocycles. The van der Waals surface area contributed by atoms with Gasteiger partial charge in [-0.15, -0.1) is 24.0 Å². The molecule has 7 nitrogen and oxygen atoms in total. The van der Waals surface area contributed by atoms with Crippen LogP contribution in [0.15, 0.2) is 23.2 Å². The van der Waals surface area contributed by atoms with E-state index < -0.39 is 0 Å². The Bertz CT molecular complexity index is 684. The van der Waals surface area contributed by atoms with Crippen molar-refractivity contribution in [1.82, 2.24) is 15.5 Å². The third-order valence-corrected chi connectivity index (χ3v) is 4.81. The van der Waals surface area contributed by atoms with E-state index in [-0.39, 0.29) is 35.9 Å². The van der Waals surface area contributed by atoms with Gasteiger partial charge in [0.25, 0.3) is 0 Å². The Balaban J connectivity index is 0.00000450. The van der Waals surface area contributed by atoms with Gasteiger partial charge in [0.05, 0.1) is 13.2 Å². The van der Waals surface area contributed by atoms with Gasteiger partial charge in [0.15, 0.2) is 17.5 Å². The van der Waals surface area contributed by atoms with Gasteiger partial charge >= 0.3 is 0 Å². The molecule has 1 fully saturated rings. The monoisotopic (exact) mass is 532 g/mol. The molecule has 1 amide bonds. The third-order valence-electron chi connectivity index (χ3n) is 4.81. The molecule has 2 N–H and O–H groups in total. The lowest BCUT2D eigenvalue weighted by atomic mass is 10.1. The summed E-state index contributed by atoms with van der Waals surface area (Å²) in [5, 5.41) is 6.77. The van der Waals surface area contributed by atoms with Crippen LogP contribution in [0.3, 0.4) is 0 Å². The minimum absolute atomic E-state index is 0. The molecule has 2 rings (SSSR count). The van der Waals surface area contributed by atoms with Crippen molar-refractivity contribution in [2.24, 2.45) is 4.99 Å². The van der Waals surface area contributed by atoms with Crippen molar-refractivity contribution in [2.75, 3.05) is 39.4 Å². The Labute approximate surface area is 198 Å². The van der Waals surface area contributed by atoms with Crippen molar-refractivity contribution >= 4 is 35.8 Å². The number of benzene rings is 1. The molecule has 0 spiro atoms. The lowest BCUT2D eigenvalue weighted by Gasteiger charge is -2.18. The van der Waals surface area contributed by atoms with Crippen LogP contribution in [0.2, 0.25) is 0 Å². The number of nitrogens with one attached hydrogen (secondary N) is 2. The van der Waals surface area contributed by atoms with Crippen molar-refractivity contribution in [3.05, 3.63) is 23.8 Å². The van der Waals surface area contributed by atoms with E-state index in [1.54, 1.807) is 0 Å². The van der Waals surface area contributed by atoms with Crippen LogP contribution < -0.4 is 20.1 Å². The molecule has 0 aliphatic carbocycles. The van der Waals surface area contributed by atoms with Gasteiger partial charge in [0.2, 0.25) is 5.91 Å². The summed E-state index contributed by atoms with van der Waals surface area (Å²) in [6.45, 7) is 12.1. The molecule has 1 aliphatic rings.